The number of likely N-dealkylation sites (tertiary alicyclic amines) is 1. The van der Waals surface area contributed by atoms with E-state index < -0.39 is 0 Å². The fourth-order valence-electron chi connectivity index (χ4n) is 1.80. The minimum atomic E-state index is -0.0512. The fraction of sp³-hybridized carbons (Fsp3) is 1.00. The third kappa shape index (κ3) is 3.23. The van der Waals surface area contributed by atoms with Crippen molar-refractivity contribution in [1.29, 1.82) is 0 Å². The molecule has 0 radical (unpaired) electrons. The molecule has 2 atom stereocenters. The molecule has 3 nitrogen and oxygen atoms in total. The largest absolute Gasteiger partial charge is 0.377 e. The summed E-state index contributed by atoms with van der Waals surface area (Å²) in [6.45, 7) is 8.59. The van der Waals surface area contributed by atoms with E-state index in [9.17, 15) is 0 Å². The predicted molar refractivity (Wildman–Crippen MR) is 59.6 cm³/mol. The van der Waals surface area contributed by atoms with Crippen molar-refractivity contribution in [2.24, 2.45) is 0 Å². The Morgan fingerprint density at radius 1 is 1.50 bits per heavy atom. The lowest BCUT2D eigenvalue weighted by atomic mass is 10.1. The molecule has 1 fully saturated rings. The van der Waals surface area contributed by atoms with E-state index in [4.69, 9.17) is 4.74 Å². The van der Waals surface area contributed by atoms with Crippen molar-refractivity contribution in [1.82, 2.24) is 10.2 Å². The molecular weight excluding hydrogens is 176 g/mol. The lowest BCUT2D eigenvalue weighted by Gasteiger charge is -2.25. The van der Waals surface area contributed by atoms with Gasteiger partial charge in [0.1, 0.15) is 0 Å². The summed E-state index contributed by atoms with van der Waals surface area (Å²) in [5.41, 5.74) is -0.0512. The number of hydrogen-bond acceptors (Lipinski definition) is 3. The van der Waals surface area contributed by atoms with Crippen LogP contribution in [0, 0.1) is 0 Å². The van der Waals surface area contributed by atoms with E-state index in [1.54, 1.807) is 7.11 Å². The fourth-order valence-corrected chi connectivity index (χ4v) is 1.80. The lowest BCUT2D eigenvalue weighted by Crippen LogP contribution is -2.42. The third-order valence-electron chi connectivity index (χ3n) is 3.26. The number of ether oxygens (including phenoxy) is 1. The molecule has 0 aromatic heterocycles. The second-order valence-electron chi connectivity index (χ2n) is 5.07. The van der Waals surface area contributed by atoms with E-state index in [1.165, 1.54) is 6.42 Å². The topological polar surface area (TPSA) is 24.5 Å². The number of methoxy groups -OCH3 is 1. The first-order chi connectivity index (χ1) is 6.44. The van der Waals surface area contributed by atoms with E-state index in [0.29, 0.717) is 12.1 Å². The van der Waals surface area contributed by atoms with Gasteiger partial charge in [-0.05, 0) is 34.2 Å². The van der Waals surface area contributed by atoms with Crippen LogP contribution in [0.2, 0.25) is 0 Å². The van der Waals surface area contributed by atoms with Crippen LogP contribution in [-0.2, 0) is 4.74 Å². The van der Waals surface area contributed by atoms with Gasteiger partial charge in [0.15, 0.2) is 0 Å². The van der Waals surface area contributed by atoms with Gasteiger partial charge in [-0.2, -0.15) is 0 Å². The minimum Gasteiger partial charge on any atom is -0.377 e. The second kappa shape index (κ2) is 4.60. The smallest absolute Gasteiger partial charge is 0.0746 e. The molecule has 1 heterocycles. The third-order valence-corrected chi connectivity index (χ3v) is 3.26. The molecule has 0 saturated carbocycles. The summed E-state index contributed by atoms with van der Waals surface area (Å²) in [6, 6.07) is 1.34. The maximum absolute atomic E-state index is 5.38. The van der Waals surface area contributed by atoms with Crippen LogP contribution < -0.4 is 5.32 Å². The Morgan fingerprint density at radius 3 is 2.57 bits per heavy atom. The molecule has 0 amide bonds. The van der Waals surface area contributed by atoms with Crippen molar-refractivity contribution in [3.05, 3.63) is 0 Å². The first kappa shape index (κ1) is 12.0. The Bertz CT molecular complexity index is 172. The molecule has 2 unspecified atom stereocenters. The van der Waals surface area contributed by atoms with Gasteiger partial charge in [-0.1, -0.05) is 0 Å². The van der Waals surface area contributed by atoms with Gasteiger partial charge < -0.3 is 15.0 Å². The van der Waals surface area contributed by atoms with Gasteiger partial charge >= 0.3 is 0 Å². The number of nitrogens with zero attached hydrogens (tertiary/aromatic N) is 1. The van der Waals surface area contributed by atoms with Gasteiger partial charge in [0.05, 0.1) is 5.60 Å². The Morgan fingerprint density at radius 2 is 2.14 bits per heavy atom. The predicted octanol–water partition coefficient (Wildman–Crippen LogP) is 1.09. The summed E-state index contributed by atoms with van der Waals surface area (Å²) in [7, 11) is 3.96. The van der Waals surface area contributed by atoms with Crippen molar-refractivity contribution < 1.29 is 4.74 Å². The van der Waals surface area contributed by atoms with Crippen molar-refractivity contribution in [3.63, 3.8) is 0 Å². The normalized spacial score (nSPS) is 29.8. The van der Waals surface area contributed by atoms with E-state index in [-0.39, 0.29) is 5.60 Å². The van der Waals surface area contributed by atoms with Crippen LogP contribution in [0.4, 0.5) is 0 Å². The molecule has 0 spiro atoms. The van der Waals surface area contributed by atoms with E-state index in [1.807, 2.05) is 0 Å². The van der Waals surface area contributed by atoms with Gasteiger partial charge in [0, 0.05) is 32.3 Å². The first-order valence-corrected chi connectivity index (χ1v) is 5.43. The number of hydrogen-bond donors (Lipinski definition) is 1. The molecule has 3 heteroatoms. The average Bonchev–Trinajstić information content (AvgIpc) is 2.44. The SMILES string of the molecule is COC(C)(C)CNC1CC(C)N(C)C1. The zero-order valence-corrected chi connectivity index (χ0v) is 10.1. The summed E-state index contributed by atoms with van der Waals surface area (Å²) < 4.78 is 5.38. The summed E-state index contributed by atoms with van der Waals surface area (Å²) in [5, 5.41) is 3.57. The molecular formula is C11H24N2O. The average molecular weight is 200 g/mol. The van der Waals surface area contributed by atoms with Crippen molar-refractivity contribution >= 4 is 0 Å². The van der Waals surface area contributed by atoms with E-state index in [0.717, 1.165) is 13.1 Å². The summed E-state index contributed by atoms with van der Waals surface area (Å²) in [6.07, 6.45) is 1.25. The first-order valence-electron chi connectivity index (χ1n) is 5.43. The molecule has 1 aliphatic rings. The van der Waals surface area contributed by atoms with Crippen LogP contribution in [0.3, 0.4) is 0 Å². The van der Waals surface area contributed by atoms with Crippen LogP contribution >= 0.6 is 0 Å². The van der Waals surface area contributed by atoms with Crippen LogP contribution in [0.25, 0.3) is 0 Å². The van der Waals surface area contributed by atoms with Crippen molar-refractivity contribution in [3.8, 4) is 0 Å². The van der Waals surface area contributed by atoms with Crippen molar-refractivity contribution in [2.75, 3.05) is 27.2 Å². The molecule has 14 heavy (non-hydrogen) atoms. The van der Waals surface area contributed by atoms with E-state index in [2.05, 4.69) is 38.0 Å². The molecule has 0 bridgehead atoms. The van der Waals surface area contributed by atoms with Gasteiger partial charge in [-0.3, -0.25) is 0 Å². The highest BCUT2D eigenvalue weighted by Crippen LogP contribution is 2.15. The highest BCUT2D eigenvalue weighted by molar-refractivity contribution is 4.86. The second-order valence-corrected chi connectivity index (χ2v) is 5.07. The van der Waals surface area contributed by atoms with Crippen molar-refractivity contribution in [2.45, 2.75) is 44.9 Å². The molecule has 0 aromatic carbocycles. The van der Waals surface area contributed by atoms with E-state index >= 15 is 0 Å². The summed E-state index contributed by atoms with van der Waals surface area (Å²) >= 11 is 0. The molecule has 1 N–H and O–H groups in total. The molecule has 84 valence electrons. The van der Waals surface area contributed by atoms with Gasteiger partial charge in [0.2, 0.25) is 0 Å². The minimum absolute atomic E-state index is 0.0512. The summed E-state index contributed by atoms with van der Waals surface area (Å²) in [5.74, 6) is 0. The molecule has 0 aliphatic carbocycles. The molecule has 1 aliphatic heterocycles. The van der Waals surface area contributed by atoms with Gasteiger partial charge in [-0.15, -0.1) is 0 Å². The van der Waals surface area contributed by atoms with Gasteiger partial charge in [-0.25, -0.2) is 0 Å². The maximum atomic E-state index is 5.38. The zero-order chi connectivity index (χ0) is 10.8. The monoisotopic (exact) mass is 200 g/mol. The Labute approximate surface area is 87.8 Å². The highest BCUT2D eigenvalue weighted by Gasteiger charge is 2.27. The van der Waals surface area contributed by atoms with Crippen LogP contribution in [-0.4, -0.2) is 49.8 Å². The quantitative estimate of drug-likeness (QED) is 0.735. The maximum Gasteiger partial charge on any atom is 0.0746 e. The highest BCUT2D eigenvalue weighted by atomic mass is 16.5. The van der Waals surface area contributed by atoms with Crippen LogP contribution in [0.5, 0.6) is 0 Å². The van der Waals surface area contributed by atoms with Gasteiger partial charge in [0.25, 0.3) is 0 Å². The Kier molecular flexibility index (Phi) is 3.93. The summed E-state index contributed by atoms with van der Waals surface area (Å²) in [4.78, 5) is 2.40. The molecule has 1 rings (SSSR count). The number of likely N-dealkylation sites (N-methyl/N-ethyl adjacent to an activating group) is 1. The van der Waals surface area contributed by atoms with Crippen LogP contribution in [0.1, 0.15) is 27.2 Å². The molecule has 0 aromatic rings. The standard InChI is InChI=1S/C11H24N2O/c1-9-6-10(7-13(9)4)12-8-11(2,3)14-5/h9-10,12H,6-8H2,1-5H3. The Hall–Kier alpha value is -0.120. The Balaban J connectivity index is 2.27. The number of rotatable bonds is 4. The number of nitrogens with one attached hydrogen (secondary N) is 1. The lowest BCUT2D eigenvalue weighted by molar-refractivity contribution is 0.0213. The molecule has 1 saturated heterocycles. The van der Waals surface area contributed by atoms with Crippen LogP contribution in [0.15, 0.2) is 0 Å². The zero-order valence-electron chi connectivity index (χ0n) is 10.1.